The molecule has 146 valence electrons. The Labute approximate surface area is 163 Å². The molecular formula is C20H23N5O3. The first kappa shape index (κ1) is 18.2. The highest BCUT2D eigenvalue weighted by atomic mass is 16.5. The highest BCUT2D eigenvalue weighted by Crippen LogP contribution is 2.26. The summed E-state index contributed by atoms with van der Waals surface area (Å²) in [5.41, 5.74) is 0.479. The van der Waals surface area contributed by atoms with Crippen molar-refractivity contribution in [2.24, 2.45) is 0 Å². The lowest BCUT2D eigenvalue weighted by molar-refractivity contribution is 0.0696. The summed E-state index contributed by atoms with van der Waals surface area (Å²) in [5, 5.41) is 8.43. The zero-order valence-electron chi connectivity index (χ0n) is 15.8. The summed E-state index contributed by atoms with van der Waals surface area (Å²) in [6.45, 7) is 4.24. The second kappa shape index (κ2) is 8.24. The minimum Gasteiger partial charge on any atom is -0.484 e. The van der Waals surface area contributed by atoms with Gasteiger partial charge in [0.1, 0.15) is 11.4 Å². The van der Waals surface area contributed by atoms with Gasteiger partial charge in [-0.2, -0.15) is 10.1 Å². The second-order valence-corrected chi connectivity index (χ2v) is 6.80. The molecule has 1 fully saturated rings. The molecule has 0 spiro atoms. The van der Waals surface area contributed by atoms with Crippen LogP contribution in [0.15, 0.2) is 47.1 Å². The normalized spacial score (nSPS) is 16.9. The van der Waals surface area contributed by atoms with Crippen LogP contribution in [0, 0.1) is 0 Å². The molecule has 0 saturated carbocycles. The molecule has 0 bridgehead atoms. The molecule has 28 heavy (non-hydrogen) atoms. The molecule has 1 aliphatic rings. The van der Waals surface area contributed by atoms with E-state index in [1.807, 2.05) is 48.4 Å². The molecule has 0 aliphatic carbocycles. The first-order valence-electron chi connectivity index (χ1n) is 9.56. The van der Waals surface area contributed by atoms with Crippen LogP contribution in [0.1, 0.15) is 47.9 Å². The van der Waals surface area contributed by atoms with Gasteiger partial charge in [0.2, 0.25) is 0 Å². The quantitative estimate of drug-likeness (QED) is 0.653. The summed E-state index contributed by atoms with van der Waals surface area (Å²) in [7, 11) is 0. The highest BCUT2D eigenvalue weighted by Gasteiger charge is 2.29. The highest BCUT2D eigenvalue weighted by molar-refractivity contribution is 5.92. The summed E-state index contributed by atoms with van der Waals surface area (Å²) < 4.78 is 12.7. The van der Waals surface area contributed by atoms with E-state index in [9.17, 15) is 4.79 Å². The molecule has 8 nitrogen and oxygen atoms in total. The number of carbonyl (C=O) groups is 1. The van der Waals surface area contributed by atoms with E-state index in [4.69, 9.17) is 9.26 Å². The van der Waals surface area contributed by atoms with Gasteiger partial charge >= 0.3 is 0 Å². The first-order chi connectivity index (χ1) is 13.7. The molecule has 3 heterocycles. The van der Waals surface area contributed by atoms with Gasteiger partial charge in [-0.25, -0.2) is 0 Å². The van der Waals surface area contributed by atoms with Gasteiger partial charge in [-0.3, -0.25) is 9.48 Å². The zero-order chi connectivity index (χ0) is 19.3. The Morgan fingerprint density at radius 3 is 2.93 bits per heavy atom. The Bertz CT molecular complexity index is 921. The van der Waals surface area contributed by atoms with E-state index < -0.39 is 0 Å². The number of amides is 1. The molecule has 8 heteroatoms. The van der Waals surface area contributed by atoms with Crippen molar-refractivity contribution in [1.82, 2.24) is 24.8 Å². The molecule has 0 N–H and O–H groups in total. The predicted octanol–water partition coefficient (Wildman–Crippen LogP) is 2.88. The fourth-order valence-corrected chi connectivity index (χ4v) is 3.34. The predicted molar refractivity (Wildman–Crippen MR) is 101 cm³/mol. The maximum absolute atomic E-state index is 12.7. The van der Waals surface area contributed by atoms with Crippen molar-refractivity contribution >= 4 is 5.91 Å². The van der Waals surface area contributed by atoms with Gasteiger partial charge in [0.05, 0.1) is 0 Å². The lowest BCUT2D eigenvalue weighted by Gasteiger charge is -2.30. The number of hydrogen-bond donors (Lipinski definition) is 0. The van der Waals surface area contributed by atoms with Crippen LogP contribution in [0.25, 0.3) is 0 Å². The molecule has 4 rings (SSSR count). The van der Waals surface area contributed by atoms with E-state index in [1.165, 1.54) is 0 Å². The molecule has 1 aromatic carbocycles. The summed E-state index contributed by atoms with van der Waals surface area (Å²) in [6, 6.07) is 11.3. The summed E-state index contributed by atoms with van der Waals surface area (Å²) >= 11 is 0. The van der Waals surface area contributed by atoms with Crippen molar-refractivity contribution in [2.75, 3.05) is 13.1 Å². The summed E-state index contributed by atoms with van der Waals surface area (Å²) in [5.74, 6) is 1.82. The number of hydrogen-bond acceptors (Lipinski definition) is 6. The monoisotopic (exact) mass is 381 g/mol. The number of likely N-dealkylation sites (tertiary alicyclic amines) is 1. The smallest absolute Gasteiger partial charge is 0.274 e. The third-order valence-corrected chi connectivity index (χ3v) is 4.85. The number of carbonyl (C=O) groups excluding carboxylic acids is 1. The Morgan fingerprint density at radius 1 is 1.29 bits per heavy atom. The van der Waals surface area contributed by atoms with Gasteiger partial charge < -0.3 is 14.2 Å². The van der Waals surface area contributed by atoms with Crippen molar-refractivity contribution in [3.05, 3.63) is 60.0 Å². The zero-order valence-corrected chi connectivity index (χ0v) is 15.8. The number of aryl methyl sites for hydroxylation is 1. The lowest BCUT2D eigenvalue weighted by Crippen LogP contribution is -2.39. The van der Waals surface area contributed by atoms with E-state index in [2.05, 4.69) is 15.2 Å². The van der Waals surface area contributed by atoms with E-state index in [0.29, 0.717) is 24.0 Å². The van der Waals surface area contributed by atoms with Crippen LogP contribution in [0.4, 0.5) is 0 Å². The van der Waals surface area contributed by atoms with Crippen molar-refractivity contribution in [3.8, 4) is 5.75 Å². The number of nitrogens with zero attached hydrogens (tertiary/aromatic N) is 5. The van der Waals surface area contributed by atoms with Crippen LogP contribution in [0.2, 0.25) is 0 Å². The van der Waals surface area contributed by atoms with Crippen molar-refractivity contribution < 1.29 is 14.1 Å². The van der Waals surface area contributed by atoms with E-state index >= 15 is 0 Å². The largest absolute Gasteiger partial charge is 0.484 e. The van der Waals surface area contributed by atoms with Gasteiger partial charge in [-0.1, -0.05) is 23.4 Å². The Morgan fingerprint density at radius 2 is 2.14 bits per heavy atom. The molecule has 2 aromatic heterocycles. The van der Waals surface area contributed by atoms with Gasteiger partial charge in [-0.05, 0) is 38.0 Å². The average molecular weight is 381 g/mol. The number of ether oxygens (including phenoxy) is 1. The van der Waals surface area contributed by atoms with Crippen molar-refractivity contribution in [2.45, 2.75) is 38.8 Å². The van der Waals surface area contributed by atoms with E-state index in [1.54, 1.807) is 10.7 Å². The first-order valence-corrected chi connectivity index (χ1v) is 9.56. The minimum atomic E-state index is -0.0481. The molecule has 1 amide bonds. The van der Waals surface area contributed by atoms with Crippen LogP contribution < -0.4 is 4.74 Å². The lowest BCUT2D eigenvalue weighted by atomic mass is 9.97. The number of piperidine rings is 1. The third-order valence-electron chi connectivity index (χ3n) is 4.85. The van der Waals surface area contributed by atoms with Crippen LogP contribution in [0.3, 0.4) is 0 Å². The van der Waals surface area contributed by atoms with Crippen LogP contribution in [-0.4, -0.2) is 43.8 Å². The number of benzene rings is 1. The number of aromatic nitrogens is 4. The van der Waals surface area contributed by atoms with E-state index in [-0.39, 0.29) is 18.4 Å². The molecule has 0 radical (unpaired) electrons. The average Bonchev–Trinajstić information content (AvgIpc) is 3.42. The molecule has 1 aliphatic heterocycles. The summed E-state index contributed by atoms with van der Waals surface area (Å²) in [4.78, 5) is 19.0. The topological polar surface area (TPSA) is 86.3 Å². The Hall–Kier alpha value is -3.16. The van der Waals surface area contributed by atoms with Gasteiger partial charge in [0.15, 0.2) is 12.4 Å². The minimum absolute atomic E-state index is 0.0481. The number of rotatable bonds is 6. The second-order valence-electron chi connectivity index (χ2n) is 6.80. The third kappa shape index (κ3) is 4.05. The maximum Gasteiger partial charge on any atom is 0.274 e. The molecular weight excluding hydrogens is 358 g/mol. The van der Waals surface area contributed by atoms with Crippen molar-refractivity contribution in [3.63, 3.8) is 0 Å². The molecule has 1 unspecified atom stereocenters. The Kier molecular flexibility index (Phi) is 5.36. The Balaban J connectivity index is 1.38. The summed E-state index contributed by atoms with van der Waals surface area (Å²) in [6.07, 6.45) is 3.65. The van der Waals surface area contributed by atoms with Gasteiger partial charge in [-0.15, -0.1) is 0 Å². The van der Waals surface area contributed by atoms with Crippen molar-refractivity contribution in [1.29, 1.82) is 0 Å². The molecule has 1 saturated heterocycles. The van der Waals surface area contributed by atoms with E-state index in [0.717, 1.165) is 31.7 Å². The van der Waals surface area contributed by atoms with Gasteiger partial charge in [0.25, 0.3) is 11.8 Å². The SMILES string of the molecule is CCn1ccc(C(=O)N2CCCC(c3noc(COc4ccccc4)n3)C2)n1. The van der Waals surface area contributed by atoms with Crippen LogP contribution in [-0.2, 0) is 13.2 Å². The molecule has 1 atom stereocenters. The van der Waals surface area contributed by atoms with Crippen LogP contribution in [0.5, 0.6) is 5.75 Å². The fraction of sp³-hybridized carbons (Fsp3) is 0.400. The molecule has 3 aromatic rings. The fourth-order valence-electron chi connectivity index (χ4n) is 3.34. The standard InChI is InChI=1S/C20H23N5O3/c1-2-25-12-10-17(22-25)20(26)24-11-6-7-15(13-24)19-21-18(28-23-19)14-27-16-8-4-3-5-9-16/h3-5,8-10,12,15H,2,6-7,11,13-14H2,1H3. The maximum atomic E-state index is 12.7. The number of para-hydroxylation sites is 1. The van der Waals surface area contributed by atoms with Gasteiger partial charge in [0, 0.05) is 31.7 Å². The van der Waals surface area contributed by atoms with Crippen LogP contribution >= 0.6 is 0 Å².